The number of ketones is 3. The Morgan fingerprint density at radius 3 is 2.34 bits per heavy atom. The fourth-order valence-electron chi connectivity index (χ4n) is 8.22. The van der Waals surface area contributed by atoms with Crippen molar-refractivity contribution in [3.8, 4) is 0 Å². The van der Waals surface area contributed by atoms with Gasteiger partial charge in [0.25, 0.3) is 0 Å². The standard InChI is InChI=1S/C28H40O7/c1-13(8-15(29)9-14(2)26(34)35)16-10-18(30)23-17(16)11-20(32)25-24(23)19(31)12-21-27(3,4)22(33)6-7-28(21,25)5/h13-14,16-17,19,21-23,31,33H,6-12H2,1-5H3,(H,34,35). The van der Waals surface area contributed by atoms with E-state index < -0.39 is 40.8 Å². The predicted molar refractivity (Wildman–Crippen MR) is 128 cm³/mol. The van der Waals surface area contributed by atoms with Crippen LogP contribution in [0.4, 0.5) is 0 Å². The number of fused-ring (bicyclic) bond motifs is 4. The Balaban J connectivity index is 1.63. The summed E-state index contributed by atoms with van der Waals surface area (Å²) in [5, 5.41) is 31.1. The maximum Gasteiger partial charge on any atom is 0.306 e. The van der Waals surface area contributed by atoms with Crippen LogP contribution in [-0.4, -0.2) is 50.8 Å². The number of carboxylic acids is 1. The number of allylic oxidation sites excluding steroid dienone is 1. The lowest BCUT2D eigenvalue weighted by Crippen LogP contribution is -2.57. The van der Waals surface area contributed by atoms with Crippen LogP contribution in [0.15, 0.2) is 11.1 Å². The van der Waals surface area contributed by atoms with Gasteiger partial charge in [0.1, 0.15) is 11.6 Å². The fraction of sp³-hybridized carbons (Fsp3) is 0.786. The van der Waals surface area contributed by atoms with Crippen molar-refractivity contribution in [3.05, 3.63) is 11.1 Å². The Morgan fingerprint density at radius 1 is 1.06 bits per heavy atom. The second-order valence-corrected chi connectivity index (χ2v) is 12.7. The monoisotopic (exact) mass is 488 g/mol. The molecule has 4 aliphatic rings. The lowest BCUT2D eigenvalue weighted by Gasteiger charge is -2.58. The molecule has 2 fully saturated rings. The summed E-state index contributed by atoms with van der Waals surface area (Å²) in [6.07, 6.45) is 0.938. The number of carbonyl (C=O) groups is 4. The SMILES string of the molecule is CC(CC(=O)CC(C)C1CC(=O)C2C3=C(C(=O)CC21)C1(C)CCC(O)C(C)(C)C1CC3O)C(=O)O. The third kappa shape index (κ3) is 4.12. The molecular weight excluding hydrogens is 448 g/mol. The first-order valence-corrected chi connectivity index (χ1v) is 13.1. The van der Waals surface area contributed by atoms with Gasteiger partial charge in [0.2, 0.25) is 0 Å². The molecule has 7 nitrogen and oxygen atoms in total. The minimum Gasteiger partial charge on any atom is -0.481 e. The molecule has 0 aromatic heterocycles. The van der Waals surface area contributed by atoms with Crippen molar-refractivity contribution in [2.75, 3.05) is 0 Å². The molecule has 9 unspecified atom stereocenters. The van der Waals surface area contributed by atoms with Crippen molar-refractivity contribution < 1.29 is 34.5 Å². The lowest BCUT2D eigenvalue weighted by molar-refractivity contribution is -0.143. The number of Topliss-reactive ketones (excluding diaryl/α,β-unsaturated/α-hetero) is 3. The van der Waals surface area contributed by atoms with Gasteiger partial charge in [0.15, 0.2) is 5.78 Å². The van der Waals surface area contributed by atoms with Crippen LogP contribution in [0.3, 0.4) is 0 Å². The topological polar surface area (TPSA) is 129 Å². The summed E-state index contributed by atoms with van der Waals surface area (Å²) in [5.41, 5.74) is 0.318. The first-order chi connectivity index (χ1) is 16.2. The van der Waals surface area contributed by atoms with Crippen molar-refractivity contribution in [2.24, 2.45) is 46.3 Å². The summed E-state index contributed by atoms with van der Waals surface area (Å²) >= 11 is 0. The van der Waals surface area contributed by atoms with Gasteiger partial charge in [-0.05, 0) is 59.3 Å². The number of rotatable bonds is 6. The number of hydrogen-bond acceptors (Lipinski definition) is 6. The normalized spacial score (nSPS) is 40.0. The van der Waals surface area contributed by atoms with Crippen LogP contribution in [0.2, 0.25) is 0 Å². The van der Waals surface area contributed by atoms with E-state index in [1.54, 1.807) is 0 Å². The van der Waals surface area contributed by atoms with Crippen LogP contribution < -0.4 is 0 Å². The minimum absolute atomic E-state index is 0.00239. The third-order valence-electron chi connectivity index (χ3n) is 10.2. The highest BCUT2D eigenvalue weighted by atomic mass is 16.4. The Morgan fingerprint density at radius 2 is 1.71 bits per heavy atom. The molecule has 35 heavy (non-hydrogen) atoms. The number of aliphatic hydroxyl groups excluding tert-OH is 2. The molecule has 0 aromatic rings. The molecule has 4 rings (SSSR count). The summed E-state index contributed by atoms with van der Waals surface area (Å²) in [4.78, 5) is 50.7. The molecule has 0 spiro atoms. The van der Waals surface area contributed by atoms with E-state index in [2.05, 4.69) is 6.92 Å². The number of hydrogen-bond donors (Lipinski definition) is 3. The molecule has 0 aliphatic heterocycles. The average Bonchev–Trinajstić information content (AvgIpc) is 3.08. The average molecular weight is 489 g/mol. The van der Waals surface area contributed by atoms with Gasteiger partial charge in [0, 0.05) is 37.2 Å². The third-order valence-corrected chi connectivity index (χ3v) is 10.2. The van der Waals surface area contributed by atoms with Crippen LogP contribution in [-0.2, 0) is 19.2 Å². The highest BCUT2D eigenvalue weighted by Gasteiger charge is 2.62. The van der Waals surface area contributed by atoms with E-state index in [1.807, 2.05) is 20.8 Å². The van der Waals surface area contributed by atoms with Crippen molar-refractivity contribution in [1.82, 2.24) is 0 Å². The van der Waals surface area contributed by atoms with Gasteiger partial charge in [-0.1, -0.05) is 34.6 Å². The summed E-state index contributed by atoms with van der Waals surface area (Å²) in [6, 6.07) is 0. The van der Waals surface area contributed by atoms with Gasteiger partial charge in [-0.15, -0.1) is 0 Å². The molecule has 0 aromatic carbocycles. The lowest BCUT2D eigenvalue weighted by atomic mass is 9.46. The van der Waals surface area contributed by atoms with Gasteiger partial charge in [-0.2, -0.15) is 0 Å². The van der Waals surface area contributed by atoms with E-state index in [-0.39, 0.29) is 66.7 Å². The van der Waals surface area contributed by atoms with Gasteiger partial charge < -0.3 is 15.3 Å². The van der Waals surface area contributed by atoms with Crippen molar-refractivity contribution in [1.29, 1.82) is 0 Å². The summed E-state index contributed by atoms with van der Waals surface area (Å²) in [6.45, 7) is 9.52. The van der Waals surface area contributed by atoms with Crippen LogP contribution in [0.1, 0.15) is 79.6 Å². The Hall–Kier alpha value is -1.86. The largest absolute Gasteiger partial charge is 0.481 e. The summed E-state index contributed by atoms with van der Waals surface area (Å²) in [5.74, 6) is -2.93. The second kappa shape index (κ2) is 8.91. The zero-order chi connectivity index (χ0) is 26.0. The number of carboxylic acid groups (broad SMARTS) is 1. The van der Waals surface area contributed by atoms with Gasteiger partial charge >= 0.3 is 5.97 Å². The van der Waals surface area contributed by atoms with Gasteiger partial charge in [0.05, 0.1) is 18.1 Å². The van der Waals surface area contributed by atoms with E-state index in [1.165, 1.54) is 6.92 Å². The van der Waals surface area contributed by atoms with Gasteiger partial charge in [-0.25, -0.2) is 0 Å². The first-order valence-electron chi connectivity index (χ1n) is 13.1. The second-order valence-electron chi connectivity index (χ2n) is 12.7. The molecule has 2 saturated carbocycles. The minimum atomic E-state index is -1.00. The number of aliphatic carboxylic acids is 1. The van der Waals surface area contributed by atoms with Crippen LogP contribution in [0.25, 0.3) is 0 Å². The molecular formula is C28H40O7. The van der Waals surface area contributed by atoms with E-state index in [9.17, 15) is 29.4 Å². The van der Waals surface area contributed by atoms with E-state index in [0.717, 1.165) is 0 Å². The Bertz CT molecular complexity index is 978. The molecule has 0 amide bonds. The molecule has 4 aliphatic carbocycles. The Labute approximate surface area is 207 Å². The van der Waals surface area contributed by atoms with Gasteiger partial charge in [-0.3, -0.25) is 19.2 Å². The fourth-order valence-corrected chi connectivity index (χ4v) is 8.22. The number of carbonyl (C=O) groups excluding carboxylic acids is 3. The molecule has 194 valence electrons. The van der Waals surface area contributed by atoms with Crippen LogP contribution in [0, 0.1) is 46.3 Å². The van der Waals surface area contributed by atoms with E-state index in [4.69, 9.17) is 5.11 Å². The quantitative estimate of drug-likeness (QED) is 0.523. The summed E-state index contributed by atoms with van der Waals surface area (Å²) in [7, 11) is 0. The van der Waals surface area contributed by atoms with Crippen molar-refractivity contribution >= 4 is 23.3 Å². The zero-order valence-corrected chi connectivity index (χ0v) is 21.5. The molecule has 0 heterocycles. The number of aliphatic hydroxyl groups is 2. The zero-order valence-electron chi connectivity index (χ0n) is 21.5. The molecule has 0 radical (unpaired) electrons. The smallest absolute Gasteiger partial charge is 0.306 e. The molecule has 7 heteroatoms. The first kappa shape index (κ1) is 26.2. The van der Waals surface area contributed by atoms with E-state index in [0.29, 0.717) is 30.4 Å². The Kier molecular flexibility index (Phi) is 6.67. The molecule has 9 atom stereocenters. The van der Waals surface area contributed by atoms with E-state index >= 15 is 0 Å². The molecule has 0 saturated heterocycles. The van der Waals surface area contributed by atoms with Crippen LogP contribution in [0.5, 0.6) is 0 Å². The maximum atomic E-state index is 13.7. The molecule has 3 N–H and O–H groups in total. The highest BCUT2D eigenvalue weighted by Crippen LogP contribution is 2.63. The summed E-state index contributed by atoms with van der Waals surface area (Å²) < 4.78 is 0. The van der Waals surface area contributed by atoms with Crippen LogP contribution >= 0.6 is 0 Å². The molecule has 0 bridgehead atoms. The predicted octanol–water partition coefficient (Wildman–Crippen LogP) is 3.35. The maximum absolute atomic E-state index is 13.7. The van der Waals surface area contributed by atoms with Crippen molar-refractivity contribution in [3.63, 3.8) is 0 Å². The van der Waals surface area contributed by atoms with Crippen molar-refractivity contribution in [2.45, 2.75) is 91.8 Å². The highest BCUT2D eigenvalue weighted by molar-refractivity contribution is 6.03.